The minimum absolute atomic E-state index is 0.735. The van der Waals surface area contributed by atoms with E-state index in [1.54, 1.807) is 11.3 Å². The number of rotatable bonds is 6. The van der Waals surface area contributed by atoms with Crippen molar-refractivity contribution in [1.82, 2.24) is 10.3 Å². The average molecular weight is 266 g/mol. The monoisotopic (exact) mass is 266 g/mol. The van der Waals surface area contributed by atoms with Gasteiger partial charge in [0.05, 0.1) is 11.2 Å². The smallest absolute Gasteiger partial charge is 0.0797 e. The first kappa shape index (κ1) is 14.0. The lowest BCUT2D eigenvalue weighted by atomic mass is 9.83. The molecule has 3 heteroatoms. The zero-order chi connectivity index (χ0) is 12.8. The van der Waals surface area contributed by atoms with E-state index in [0.717, 1.165) is 24.9 Å². The van der Waals surface area contributed by atoms with Crippen LogP contribution in [0.3, 0.4) is 0 Å². The van der Waals surface area contributed by atoms with E-state index in [2.05, 4.69) is 24.1 Å². The second-order valence-corrected chi connectivity index (χ2v) is 6.42. The van der Waals surface area contributed by atoms with Gasteiger partial charge in [0, 0.05) is 17.5 Å². The number of aryl methyl sites for hydroxylation is 1. The predicted octanol–water partition coefficient (Wildman–Crippen LogP) is 3.94. The summed E-state index contributed by atoms with van der Waals surface area (Å²) >= 11 is 1.79. The zero-order valence-corrected chi connectivity index (χ0v) is 12.6. The first-order chi connectivity index (χ1) is 8.81. The maximum atomic E-state index is 4.32. The van der Waals surface area contributed by atoms with Crippen molar-refractivity contribution in [2.24, 2.45) is 5.92 Å². The van der Waals surface area contributed by atoms with Gasteiger partial charge in [0.2, 0.25) is 0 Å². The van der Waals surface area contributed by atoms with Crippen LogP contribution in [0.2, 0.25) is 0 Å². The molecule has 1 aromatic heterocycles. The third-order valence-electron chi connectivity index (χ3n) is 4.26. The molecule has 0 amide bonds. The topological polar surface area (TPSA) is 24.9 Å². The Labute approximate surface area is 115 Å². The van der Waals surface area contributed by atoms with Crippen LogP contribution in [0.1, 0.15) is 56.0 Å². The Morgan fingerprint density at radius 2 is 2.17 bits per heavy atom. The second-order valence-electron chi connectivity index (χ2n) is 5.48. The molecule has 0 bridgehead atoms. The quantitative estimate of drug-likeness (QED) is 0.843. The molecule has 1 fully saturated rings. The standard InChI is InChI=1S/C15H26N2S/c1-3-14(13-7-5-4-6-8-13)16-10-9-15-12(2)17-11-18-15/h11,13-14,16H,3-10H2,1-2H3. The summed E-state index contributed by atoms with van der Waals surface area (Å²) in [5.74, 6) is 0.923. The number of hydrogen-bond acceptors (Lipinski definition) is 3. The van der Waals surface area contributed by atoms with Gasteiger partial charge in [-0.2, -0.15) is 0 Å². The van der Waals surface area contributed by atoms with Crippen molar-refractivity contribution >= 4 is 11.3 Å². The second kappa shape index (κ2) is 7.25. The largest absolute Gasteiger partial charge is 0.313 e. The van der Waals surface area contributed by atoms with Crippen molar-refractivity contribution in [3.63, 3.8) is 0 Å². The fraction of sp³-hybridized carbons (Fsp3) is 0.800. The van der Waals surface area contributed by atoms with Crippen molar-refractivity contribution < 1.29 is 0 Å². The van der Waals surface area contributed by atoms with Crippen molar-refractivity contribution in [3.05, 3.63) is 16.1 Å². The minimum Gasteiger partial charge on any atom is -0.313 e. The number of hydrogen-bond donors (Lipinski definition) is 1. The minimum atomic E-state index is 0.735. The van der Waals surface area contributed by atoms with E-state index in [1.807, 2.05) is 5.51 Å². The van der Waals surface area contributed by atoms with Crippen LogP contribution in [-0.4, -0.2) is 17.6 Å². The van der Waals surface area contributed by atoms with Crippen LogP contribution in [-0.2, 0) is 6.42 Å². The molecule has 18 heavy (non-hydrogen) atoms. The summed E-state index contributed by atoms with van der Waals surface area (Å²) in [6.45, 7) is 5.55. The van der Waals surface area contributed by atoms with Gasteiger partial charge in [-0.15, -0.1) is 11.3 Å². The van der Waals surface area contributed by atoms with Gasteiger partial charge in [-0.25, -0.2) is 4.98 Å². The lowest BCUT2D eigenvalue weighted by molar-refractivity contribution is 0.264. The third kappa shape index (κ3) is 3.79. The van der Waals surface area contributed by atoms with Gasteiger partial charge in [0.15, 0.2) is 0 Å². The maximum absolute atomic E-state index is 4.32. The molecular formula is C15H26N2S. The van der Waals surface area contributed by atoms with E-state index in [1.165, 1.54) is 49.1 Å². The molecule has 0 aromatic carbocycles. The molecule has 0 aliphatic heterocycles. The van der Waals surface area contributed by atoms with E-state index < -0.39 is 0 Å². The summed E-state index contributed by atoms with van der Waals surface area (Å²) in [6, 6.07) is 0.735. The lowest BCUT2D eigenvalue weighted by Crippen LogP contribution is -2.37. The van der Waals surface area contributed by atoms with E-state index in [0.29, 0.717) is 0 Å². The van der Waals surface area contributed by atoms with Gasteiger partial charge in [-0.1, -0.05) is 26.2 Å². The van der Waals surface area contributed by atoms with Gasteiger partial charge >= 0.3 is 0 Å². The number of aromatic nitrogens is 1. The fourth-order valence-corrected chi connectivity index (χ4v) is 3.90. The normalized spacial score (nSPS) is 19.0. The van der Waals surface area contributed by atoms with Crippen LogP contribution in [0.25, 0.3) is 0 Å². The average Bonchev–Trinajstić information content (AvgIpc) is 2.81. The van der Waals surface area contributed by atoms with Gasteiger partial charge in [-0.3, -0.25) is 0 Å². The highest BCUT2D eigenvalue weighted by Gasteiger charge is 2.21. The molecular weight excluding hydrogens is 240 g/mol. The molecule has 2 nitrogen and oxygen atoms in total. The fourth-order valence-electron chi connectivity index (χ4n) is 3.12. The van der Waals surface area contributed by atoms with Crippen LogP contribution in [0, 0.1) is 12.8 Å². The van der Waals surface area contributed by atoms with E-state index in [9.17, 15) is 0 Å². The van der Waals surface area contributed by atoms with Gasteiger partial charge in [-0.05, 0) is 38.5 Å². The molecule has 1 aliphatic carbocycles. The highest BCUT2D eigenvalue weighted by Crippen LogP contribution is 2.27. The summed E-state index contributed by atoms with van der Waals surface area (Å²) in [4.78, 5) is 5.76. The Balaban J connectivity index is 1.75. The van der Waals surface area contributed by atoms with Crippen molar-refractivity contribution in [3.8, 4) is 0 Å². The molecule has 102 valence electrons. The summed E-state index contributed by atoms with van der Waals surface area (Å²) in [7, 11) is 0. The van der Waals surface area contributed by atoms with Crippen LogP contribution in [0.5, 0.6) is 0 Å². The van der Waals surface area contributed by atoms with E-state index in [-0.39, 0.29) is 0 Å². The molecule has 1 atom stereocenters. The Bertz CT molecular complexity index is 342. The van der Waals surface area contributed by atoms with Crippen LogP contribution in [0.15, 0.2) is 5.51 Å². The highest BCUT2D eigenvalue weighted by molar-refractivity contribution is 7.09. The van der Waals surface area contributed by atoms with Crippen LogP contribution >= 0.6 is 11.3 Å². The Kier molecular flexibility index (Phi) is 5.64. The third-order valence-corrected chi connectivity index (χ3v) is 5.26. The molecule has 1 aliphatic rings. The molecule has 1 unspecified atom stereocenters. The summed E-state index contributed by atoms with van der Waals surface area (Å²) in [5.41, 5.74) is 3.18. The Morgan fingerprint density at radius 3 is 2.78 bits per heavy atom. The molecule has 0 spiro atoms. The molecule has 1 aromatic rings. The first-order valence-electron chi connectivity index (χ1n) is 7.43. The van der Waals surface area contributed by atoms with E-state index in [4.69, 9.17) is 0 Å². The number of nitrogens with one attached hydrogen (secondary N) is 1. The SMILES string of the molecule is CCC(NCCc1scnc1C)C1CCCCC1. The molecule has 1 heterocycles. The predicted molar refractivity (Wildman–Crippen MR) is 79.2 cm³/mol. The Morgan fingerprint density at radius 1 is 1.39 bits per heavy atom. The number of thiazole rings is 1. The summed E-state index contributed by atoms with van der Waals surface area (Å²) in [6.07, 6.45) is 9.61. The first-order valence-corrected chi connectivity index (χ1v) is 8.31. The van der Waals surface area contributed by atoms with Gasteiger partial charge in [0.1, 0.15) is 0 Å². The van der Waals surface area contributed by atoms with E-state index >= 15 is 0 Å². The lowest BCUT2D eigenvalue weighted by Gasteiger charge is -2.30. The van der Waals surface area contributed by atoms with Crippen LogP contribution in [0.4, 0.5) is 0 Å². The number of nitrogens with zero attached hydrogens (tertiary/aromatic N) is 1. The van der Waals surface area contributed by atoms with Gasteiger partial charge in [0.25, 0.3) is 0 Å². The van der Waals surface area contributed by atoms with Crippen molar-refractivity contribution in [2.45, 2.75) is 64.8 Å². The molecule has 2 rings (SSSR count). The zero-order valence-electron chi connectivity index (χ0n) is 11.7. The molecule has 0 saturated heterocycles. The molecule has 1 N–H and O–H groups in total. The highest BCUT2D eigenvalue weighted by atomic mass is 32.1. The molecule has 0 radical (unpaired) electrons. The maximum Gasteiger partial charge on any atom is 0.0797 e. The van der Waals surface area contributed by atoms with Crippen LogP contribution < -0.4 is 5.32 Å². The Hall–Kier alpha value is -0.410. The van der Waals surface area contributed by atoms with Gasteiger partial charge < -0.3 is 5.32 Å². The van der Waals surface area contributed by atoms with Crippen molar-refractivity contribution in [2.75, 3.05) is 6.54 Å². The molecule has 1 saturated carbocycles. The summed E-state index contributed by atoms with van der Waals surface area (Å²) < 4.78 is 0. The summed E-state index contributed by atoms with van der Waals surface area (Å²) in [5, 5.41) is 3.78. The van der Waals surface area contributed by atoms with Crippen molar-refractivity contribution in [1.29, 1.82) is 0 Å².